The molecule has 0 unspecified atom stereocenters. The van der Waals surface area contributed by atoms with Crippen molar-refractivity contribution in [3.05, 3.63) is 70.8 Å². The zero-order chi connectivity index (χ0) is 29.0. The van der Waals surface area contributed by atoms with Crippen molar-refractivity contribution in [2.24, 2.45) is 5.92 Å². The molecule has 5 atom stereocenters. The number of aliphatic hydroxyl groups is 1. The molecule has 2 aromatic rings. The van der Waals surface area contributed by atoms with E-state index in [1.54, 1.807) is 0 Å². The molecule has 5 rings (SSSR count). The van der Waals surface area contributed by atoms with Crippen molar-refractivity contribution >= 4 is 40.7 Å². The van der Waals surface area contributed by atoms with Crippen LogP contribution >= 0.6 is 34.8 Å². The Morgan fingerprint density at radius 1 is 0.927 bits per heavy atom. The van der Waals surface area contributed by atoms with Crippen molar-refractivity contribution in [1.29, 1.82) is 0 Å². The first-order chi connectivity index (χ1) is 19.7. The number of benzene rings is 2. The summed E-state index contributed by atoms with van der Waals surface area (Å²) in [7, 11) is 0. The lowest BCUT2D eigenvalue weighted by atomic mass is 9.90. The van der Waals surface area contributed by atoms with Crippen LogP contribution in [-0.2, 0) is 27.4 Å². The van der Waals surface area contributed by atoms with Gasteiger partial charge in [-0.25, -0.2) is 0 Å². The average Bonchev–Trinajstić information content (AvgIpc) is 3.65. The maximum Gasteiger partial charge on any atom is 0.272 e. The van der Waals surface area contributed by atoms with E-state index in [1.807, 2.05) is 36.4 Å². The Morgan fingerprint density at radius 3 is 2.24 bits per heavy atom. The van der Waals surface area contributed by atoms with Crippen LogP contribution in [0.3, 0.4) is 0 Å². The predicted molar refractivity (Wildman–Crippen MR) is 162 cm³/mol. The first-order valence-corrected chi connectivity index (χ1v) is 15.8. The monoisotopic (exact) mass is 623 g/mol. The summed E-state index contributed by atoms with van der Waals surface area (Å²) in [4.78, 5) is 17.2. The van der Waals surface area contributed by atoms with Crippen LogP contribution in [0.1, 0.15) is 67.3 Å². The van der Waals surface area contributed by atoms with Crippen molar-refractivity contribution < 1.29 is 19.4 Å². The van der Waals surface area contributed by atoms with Gasteiger partial charge in [-0.3, -0.25) is 9.69 Å². The second kappa shape index (κ2) is 13.9. The molecule has 0 aromatic heterocycles. The Balaban J connectivity index is 1.32. The highest BCUT2D eigenvalue weighted by Gasteiger charge is 2.41. The van der Waals surface area contributed by atoms with E-state index in [1.165, 1.54) is 38.8 Å². The van der Waals surface area contributed by atoms with Crippen molar-refractivity contribution in [3.63, 3.8) is 0 Å². The van der Waals surface area contributed by atoms with Gasteiger partial charge in [0.2, 0.25) is 0 Å². The van der Waals surface area contributed by atoms with Gasteiger partial charge in [0.1, 0.15) is 0 Å². The molecule has 7 nitrogen and oxygen atoms in total. The smallest absolute Gasteiger partial charge is 0.272 e. The molecule has 0 bridgehead atoms. The number of ether oxygens (including phenoxy) is 2. The van der Waals surface area contributed by atoms with Gasteiger partial charge in [-0.2, -0.15) is 0 Å². The fourth-order valence-corrected chi connectivity index (χ4v) is 6.44. The molecule has 0 radical (unpaired) electrons. The summed E-state index contributed by atoms with van der Waals surface area (Å²) < 4.78 is 11.3. The molecular weight excluding hydrogens is 585 g/mol. The number of nitrogens with zero attached hydrogens (tertiary/aromatic N) is 2. The van der Waals surface area contributed by atoms with Crippen molar-refractivity contribution in [1.82, 2.24) is 15.1 Å². The topological polar surface area (TPSA) is 74.3 Å². The van der Waals surface area contributed by atoms with Crippen molar-refractivity contribution in [3.8, 4) is 0 Å². The highest BCUT2D eigenvalue weighted by atomic mass is 35.6. The van der Waals surface area contributed by atoms with E-state index in [0.29, 0.717) is 6.04 Å². The van der Waals surface area contributed by atoms with E-state index in [2.05, 4.69) is 34.2 Å². The molecule has 2 aromatic carbocycles. The predicted octanol–water partition coefficient (Wildman–Crippen LogP) is 5.52. The molecule has 224 valence electrons. The van der Waals surface area contributed by atoms with E-state index in [0.717, 1.165) is 41.9 Å². The number of nitrogens with one attached hydrogen (secondary N) is 1. The Hall–Kier alpha value is -1.42. The number of aliphatic hydroxyl groups excluding tert-OH is 1. The van der Waals surface area contributed by atoms with Crippen LogP contribution in [0.25, 0.3) is 0 Å². The Bertz CT molecular complexity index is 1140. The number of carbonyl (C=O) groups excluding carboxylic acids is 1. The van der Waals surface area contributed by atoms with Gasteiger partial charge < -0.3 is 24.8 Å². The van der Waals surface area contributed by atoms with Gasteiger partial charge in [-0.15, -0.1) is 0 Å². The molecular formula is C31H40Cl3N3O4. The molecule has 3 heterocycles. The van der Waals surface area contributed by atoms with Gasteiger partial charge in [0.15, 0.2) is 6.29 Å². The van der Waals surface area contributed by atoms with Gasteiger partial charge in [0, 0.05) is 37.2 Å². The lowest BCUT2D eigenvalue weighted by molar-refractivity contribution is -0.276. The SMILES string of the molecule is C[C@H]1[C@@H](CN2CCC[C@H]2CN2CCCC2)O[C@@H](c2ccc(CNC(=O)C(Cl)(Cl)Cl)cc2)O[C@H]1c1ccc(CO)cc1. The van der Waals surface area contributed by atoms with E-state index < -0.39 is 16.0 Å². The summed E-state index contributed by atoms with van der Waals surface area (Å²) in [5.41, 5.74) is 3.73. The molecule has 41 heavy (non-hydrogen) atoms. The third-order valence-corrected chi connectivity index (χ3v) is 9.18. The molecule has 3 aliphatic rings. The van der Waals surface area contributed by atoms with Gasteiger partial charge in [0.05, 0.1) is 18.8 Å². The zero-order valence-corrected chi connectivity index (χ0v) is 25.8. The molecule has 0 aliphatic carbocycles. The second-order valence-electron chi connectivity index (χ2n) is 11.5. The summed E-state index contributed by atoms with van der Waals surface area (Å²) >= 11 is 17.0. The summed E-state index contributed by atoms with van der Waals surface area (Å²) in [6, 6.07) is 16.4. The maximum absolute atomic E-state index is 11.9. The quantitative estimate of drug-likeness (QED) is 0.358. The fourth-order valence-electron chi connectivity index (χ4n) is 6.24. The highest BCUT2D eigenvalue weighted by Crippen LogP contribution is 2.42. The average molecular weight is 625 g/mol. The molecule has 10 heteroatoms. The Kier molecular flexibility index (Phi) is 10.5. The van der Waals surface area contributed by atoms with Crippen LogP contribution < -0.4 is 5.32 Å². The maximum atomic E-state index is 11.9. The van der Waals surface area contributed by atoms with Crippen LogP contribution in [0.4, 0.5) is 0 Å². The third-order valence-electron chi connectivity index (χ3n) is 8.67. The normalized spacial score (nSPS) is 27.8. The molecule has 3 saturated heterocycles. The number of amides is 1. The lowest BCUT2D eigenvalue weighted by Crippen LogP contribution is -2.48. The van der Waals surface area contributed by atoms with Crippen LogP contribution in [-0.4, -0.2) is 69.5 Å². The standard InChI is InChI=1S/C31H40Cl3N3O4/c1-21-27(19-37-16-4-5-26(37)18-36-14-2-3-15-36)40-29(41-28(21)24-10-8-23(20-38)9-11-24)25-12-6-22(7-13-25)17-35-30(39)31(32,33)34/h6-13,21,26-29,38H,2-5,14-20H2,1H3,(H,35,39)/t21-,26-,27+,28+,29+/m0/s1. The lowest BCUT2D eigenvalue weighted by Gasteiger charge is -2.43. The molecule has 3 fully saturated rings. The first kappa shape index (κ1) is 31.0. The van der Waals surface area contributed by atoms with E-state index >= 15 is 0 Å². The molecule has 3 aliphatic heterocycles. The largest absolute Gasteiger partial charge is 0.392 e. The number of rotatable bonds is 9. The molecule has 2 N–H and O–H groups in total. The summed E-state index contributed by atoms with van der Waals surface area (Å²) in [5, 5.41) is 12.2. The minimum Gasteiger partial charge on any atom is -0.392 e. The van der Waals surface area contributed by atoms with Crippen LogP contribution in [0.2, 0.25) is 0 Å². The number of halogens is 3. The minimum atomic E-state index is -2.00. The van der Waals surface area contributed by atoms with Gasteiger partial charge >= 0.3 is 0 Å². The number of carbonyl (C=O) groups is 1. The fraction of sp³-hybridized carbons (Fsp3) is 0.581. The van der Waals surface area contributed by atoms with Crippen LogP contribution in [0.15, 0.2) is 48.5 Å². The number of alkyl halides is 3. The van der Waals surface area contributed by atoms with Crippen LogP contribution in [0.5, 0.6) is 0 Å². The first-order valence-electron chi connectivity index (χ1n) is 14.6. The van der Waals surface area contributed by atoms with E-state index in [4.69, 9.17) is 44.3 Å². The van der Waals surface area contributed by atoms with Gasteiger partial charge in [-0.1, -0.05) is 90.3 Å². The van der Waals surface area contributed by atoms with Gasteiger partial charge in [0.25, 0.3) is 9.70 Å². The van der Waals surface area contributed by atoms with Crippen molar-refractivity contribution in [2.45, 2.75) is 74.1 Å². The van der Waals surface area contributed by atoms with E-state index in [-0.39, 0.29) is 31.3 Å². The summed E-state index contributed by atoms with van der Waals surface area (Å²) in [5.74, 6) is -0.530. The van der Waals surface area contributed by atoms with Gasteiger partial charge in [-0.05, 0) is 62.0 Å². The van der Waals surface area contributed by atoms with E-state index in [9.17, 15) is 9.90 Å². The van der Waals surface area contributed by atoms with Crippen LogP contribution in [0, 0.1) is 5.92 Å². The molecule has 0 saturated carbocycles. The number of hydrogen-bond acceptors (Lipinski definition) is 6. The molecule has 1 amide bonds. The number of likely N-dealkylation sites (tertiary alicyclic amines) is 2. The summed E-state index contributed by atoms with van der Waals surface area (Å²) in [6.45, 7) is 8.01. The third kappa shape index (κ3) is 7.95. The Labute approximate surface area is 258 Å². The summed E-state index contributed by atoms with van der Waals surface area (Å²) in [6.07, 6.45) is 4.37. The molecule has 0 spiro atoms. The zero-order valence-electron chi connectivity index (χ0n) is 23.5. The minimum absolute atomic E-state index is 0.0115. The van der Waals surface area contributed by atoms with Crippen molar-refractivity contribution in [2.75, 3.05) is 32.7 Å². The highest BCUT2D eigenvalue weighted by molar-refractivity contribution is 6.76. The second-order valence-corrected chi connectivity index (χ2v) is 13.8. The number of hydrogen-bond donors (Lipinski definition) is 2. The Morgan fingerprint density at radius 2 is 1.59 bits per heavy atom.